The van der Waals surface area contributed by atoms with Gasteiger partial charge in [0.1, 0.15) is 22.5 Å². The summed E-state index contributed by atoms with van der Waals surface area (Å²) in [4.78, 5) is 13.4. The minimum Gasteiger partial charge on any atom is -0.506 e. The lowest BCUT2D eigenvalue weighted by Gasteiger charge is -2.08. The molecule has 0 aliphatic heterocycles. The van der Waals surface area contributed by atoms with Crippen LogP contribution >= 0.6 is 11.8 Å². The van der Waals surface area contributed by atoms with Crippen molar-refractivity contribution in [2.24, 2.45) is 0 Å². The monoisotopic (exact) mass is 445 g/mol. The Labute approximate surface area is 190 Å². The average Bonchev–Trinajstić information content (AvgIpc) is 3.25. The molecule has 0 bridgehead atoms. The predicted octanol–water partition coefficient (Wildman–Crippen LogP) is 4.66. The van der Waals surface area contributed by atoms with Gasteiger partial charge in [0.05, 0.1) is 12.4 Å². The summed E-state index contributed by atoms with van der Waals surface area (Å²) >= 11 is 1.52. The molecule has 0 spiro atoms. The van der Waals surface area contributed by atoms with Crippen molar-refractivity contribution < 1.29 is 14.6 Å². The zero-order valence-corrected chi connectivity index (χ0v) is 18.2. The molecular weight excluding hydrogens is 422 g/mol. The quantitative estimate of drug-likeness (QED) is 0.298. The number of rotatable bonds is 9. The standard InChI is InChI=1S/C25H23N3O3S/c29-24-13-12-20(17-23(24)28-26-21-10-4-5-11-22(21)27-28)14-15-31-25(30)18-32-16-6-9-19-7-2-1-3-8-19/h1-13,17,29H,14-16,18H2. The van der Waals surface area contributed by atoms with Crippen LogP contribution in [0.3, 0.4) is 0 Å². The molecule has 3 aromatic carbocycles. The zero-order valence-electron chi connectivity index (χ0n) is 17.4. The summed E-state index contributed by atoms with van der Waals surface area (Å²) in [5, 5.41) is 19.1. The molecule has 0 aliphatic rings. The number of carbonyl (C=O) groups is 1. The van der Waals surface area contributed by atoms with E-state index in [2.05, 4.69) is 10.2 Å². The smallest absolute Gasteiger partial charge is 0.315 e. The first-order valence-electron chi connectivity index (χ1n) is 10.3. The van der Waals surface area contributed by atoms with E-state index in [1.54, 1.807) is 12.1 Å². The van der Waals surface area contributed by atoms with Crippen molar-refractivity contribution in [2.75, 3.05) is 18.1 Å². The maximum absolute atomic E-state index is 12.0. The number of carbonyl (C=O) groups excluding carboxylic acids is 1. The highest BCUT2D eigenvalue weighted by atomic mass is 32.2. The fraction of sp³-hybridized carbons (Fsp3) is 0.160. The molecular formula is C25H23N3O3S. The van der Waals surface area contributed by atoms with Gasteiger partial charge in [0.25, 0.3) is 0 Å². The van der Waals surface area contributed by atoms with Crippen LogP contribution in [-0.4, -0.2) is 44.2 Å². The fourth-order valence-electron chi connectivity index (χ4n) is 3.14. The number of hydrogen-bond donors (Lipinski definition) is 1. The summed E-state index contributed by atoms with van der Waals surface area (Å²) in [6.45, 7) is 0.276. The van der Waals surface area contributed by atoms with Gasteiger partial charge in [-0.3, -0.25) is 4.79 Å². The maximum atomic E-state index is 12.0. The number of nitrogens with zero attached hydrogens (tertiary/aromatic N) is 3. The maximum Gasteiger partial charge on any atom is 0.315 e. The van der Waals surface area contributed by atoms with Gasteiger partial charge in [-0.05, 0) is 35.4 Å². The van der Waals surface area contributed by atoms with Crippen LogP contribution in [0.2, 0.25) is 0 Å². The highest BCUT2D eigenvalue weighted by molar-refractivity contribution is 8.00. The van der Waals surface area contributed by atoms with Crippen LogP contribution in [0.5, 0.6) is 5.75 Å². The van der Waals surface area contributed by atoms with Gasteiger partial charge in [-0.1, -0.05) is 60.7 Å². The van der Waals surface area contributed by atoms with Crippen LogP contribution in [0.15, 0.2) is 78.9 Å². The van der Waals surface area contributed by atoms with Gasteiger partial charge < -0.3 is 9.84 Å². The molecule has 0 amide bonds. The van der Waals surface area contributed by atoms with Crippen molar-refractivity contribution in [1.29, 1.82) is 0 Å². The second-order valence-electron chi connectivity index (χ2n) is 7.10. The number of benzene rings is 3. The lowest BCUT2D eigenvalue weighted by atomic mass is 10.1. The van der Waals surface area contributed by atoms with Gasteiger partial charge in [0.2, 0.25) is 0 Å². The third kappa shape index (κ3) is 5.76. The fourth-order valence-corrected chi connectivity index (χ4v) is 3.74. The van der Waals surface area contributed by atoms with Crippen molar-refractivity contribution in [3.8, 4) is 11.4 Å². The van der Waals surface area contributed by atoms with Gasteiger partial charge in [-0.15, -0.1) is 26.8 Å². The molecule has 0 saturated heterocycles. The lowest BCUT2D eigenvalue weighted by Crippen LogP contribution is -2.10. The normalized spacial score (nSPS) is 11.2. The minimum atomic E-state index is -0.234. The number of aromatic nitrogens is 3. The molecule has 0 saturated carbocycles. The molecule has 32 heavy (non-hydrogen) atoms. The molecule has 1 heterocycles. The molecule has 7 heteroatoms. The zero-order chi connectivity index (χ0) is 22.2. The topological polar surface area (TPSA) is 77.2 Å². The number of esters is 1. The number of phenols is 1. The van der Waals surface area contributed by atoms with Crippen molar-refractivity contribution in [1.82, 2.24) is 15.0 Å². The van der Waals surface area contributed by atoms with Crippen LogP contribution in [-0.2, 0) is 16.0 Å². The van der Waals surface area contributed by atoms with E-state index in [1.165, 1.54) is 16.6 Å². The van der Waals surface area contributed by atoms with E-state index < -0.39 is 0 Å². The van der Waals surface area contributed by atoms with E-state index in [9.17, 15) is 9.90 Å². The second kappa shape index (κ2) is 10.6. The summed E-state index contributed by atoms with van der Waals surface area (Å²) in [5.41, 5.74) is 4.06. The van der Waals surface area contributed by atoms with Crippen LogP contribution in [0, 0.1) is 0 Å². The van der Waals surface area contributed by atoms with Crippen molar-refractivity contribution in [3.63, 3.8) is 0 Å². The van der Waals surface area contributed by atoms with E-state index in [1.807, 2.05) is 72.8 Å². The second-order valence-corrected chi connectivity index (χ2v) is 8.13. The Morgan fingerprint density at radius 1 is 1.00 bits per heavy atom. The van der Waals surface area contributed by atoms with Crippen LogP contribution in [0.25, 0.3) is 22.8 Å². The summed E-state index contributed by atoms with van der Waals surface area (Å²) in [7, 11) is 0. The number of phenolic OH excluding ortho intramolecular Hbond substituents is 1. The van der Waals surface area contributed by atoms with Crippen molar-refractivity contribution in [2.45, 2.75) is 6.42 Å². The van der Waals surface area contributed by atoms with Gasteiger partial charge >= 0.3 is 5.97 Å². The summed E-state index contributed by atoms with van der Waals surface area (Å²) in [6, 6.07) is 22.8. The Balaban J connectivity index is 1.24. The third-order valence-electron chi connectivity index (χ3n) is 4.74. The average molecular weight is 446 g/mol. The van der Waals surface area contributed by atoms with Crippen LogP contribution in [0.4, 0.5) is 0 Å². The third-order valence-corrected chi connectivity index (χ3v) is 5.61. The first-order valence-corrected chi connectivity index (χ1v) is 11.4. The number of aromatic hydroxyl groups is 1. The highest BCUT2D eigenvalue weighted by Crippen LogP contribution is 2.23. The molecule has 0 fully saturated rings. The molecule has 1 aromatic heterocycles. The molecule has 0 aliphatic carbocycles. The number of hydrogen-bond acceptors (Lipinski definition) is 6. The van der Waals surface area contributed by atoms with Gasteiger partial charge in [-0.2, -0.15) is 0 Å². The van der Waals surface area contributed by atoms with Gasteiger partial charge in [0.15, 0.2) is 0 Å². The number of fused-ring (bicyclic) bond motifs is 1. The van der Waals surface area contributed by atoms with E-state index in [4.69, 9.17) is 4.74 Å². The summed E-state index contributed by atoms with van der Waals surface area (Å²) < 4.78 is 5.35. The Morgan fingerprint density at radius 2 is 1.72 bits per heavy atom. The van der Waals surface area contributed by atoms with Crippen molar-refractivity contribution >= 4 is 34.8 Å². The summed E-state index contributed by atoms with van der Waals surface area (Å²) in [5.74, 6) is 0.911. The van der Waals surface area contributed by atoms with E-state index >= 15 is 0 Å². The molecule has 4 rings (SSSR count). The molecule has 1 N–H and O–H groups in total. The number of ether oxygens (including phenoxy) is 1. The SMILES string of the molecule is O=C(CSCC=Cc1ccccc1)OCCc1ccc(O)c(-n2nc3ccccc3n2)c1. The van der Waals surface area contributed by atoms with Crippen LogP contribution in [0.1, 0.15) is 11.1 Å². The first-order chi connectivity index (χ1) is 15.7. The largest absolute Gasteiger partial charge is 0.506 e. The van der Waals surface area contributed by atoms with Crippen LogP contribution < -0.4 is 0 Å². The molecule has 4 aromatic rings. The highest BCUT2D eigenvalue weighted by Gasteiger charge is 2.10. The Hall–Kier alpha value is -3.58. The Kier molecular flexibility index (Phi) is 7.19. The number of thioether (sulfide) groups is 1. The molecule has 0 atom stereocenters. The Morgan fingerprint density at radius 3 is 2.47 bits per heavy atom. The summed E-state index contributed by atoms with van der Waals surface area (Å²) in [6.07, 6.45) is 4.62. The van der Waals surface area contributed by atoms with Gasteiger partial charge in [-0.25, -0.2) is 0 Å². The minimum absolute atomic E-state index is 0.0889. The lowest BCUT2D eigenvalue weighted by molar-refractivity contribution is -0.140. The molecule has 162 valence electrons. The van der Waals surface area contributed by atoms with Gasteiger partial charge in [0, 0.05) is 12.2 Å². The molecule has 6 nitrogen and oxygen atoms in total. The van der Waals surface area contributed by atoms with E-state index in [-0.39, 0.29) is 18.3 Å². The first kappa shape index (κ1) is 21.6. The Bertz CT molecular complexity index is 1190. The molecule has 0 unspecified atom stereocenters. The van der Waals surface area contributed by atoms with E-state index in [0.717, 1.165) is 27.9 Å². The molecule has 0 radical (unpaired) electrons. The van der Waals surface area contributed by atoms with E-state index in [0.29, 0.717) is 17.9 Å². The van der Waals surface area contributed by atoms with Crippen molar-refractivity contribution in [3.05, 3.63) is 90.0 Å². The predicted molar refractivity (Wildman–Crippen MR) is 128 cm³/mol.